The topological polar surface area (TPSA) is 89.3 Å². The molecule has 6 heteroatoms. The van der Waals surface area contributed by atoms with Crippen LogP contribution in [0.15, 0.2) is 12.4 Å². The third-order valence-corrected chi connectivity index (χ3v) is 2.49. The Hall–Kier alpha value is -1.53. The first-order valence-electron chi connectivity index (χ1n) is 5.53. The zero-order valence-electron chi connectivity index (χ0n) is 10.3. The van der Waals surface area contributed by atoms with Crippen LogP contribution in [0, 0.1) is 0 Å². The normalized spacial score (nSPS) is 14.2. The molecule has 0 aromatic carbocycles. The lowest BCUT2D eigenvalue weighted by Crippen LogP contribution is -2.14. The maximum Gasteiger partial charge on any atom is 0.252 e. The van der Waals surface area contributed by atoms with E-state index in [1.54, 1.807) is 16.9 Å². The van der Waals surface area contributed by atoms with Crippen LogP contribution in [0.5, 0.6) is 0 Å². The van der Waals surface area contributed by atoms with Crippen molar-refractivity contribution in [2.45, 2.75) is 32.3 Å². The number of nitrogens with two attached hydrogens (primary N) is 1. The van der Waals surface area contributed by atoms with Crippen LogP contribution in [0.1, 0.15) is 38.3 Å². The molecule has 2 rings (SSSR count). The number of aromatic nitrogens is 4. The van der Waals surface area contributed by atoms with E-state index in [0.717, 1.165) is 5.82 Å². The van der Waals surface area contributed by atoms with Crippen LogP contribution in [0.2, 0.25) is 0 Å². The number of nitrogens with zero attached hydrogens (tertiary/aromatic N) is 4. The Morgan fingerprint density at radius 1 is 1.47 bits per heavy atom. The van der Waals surface area contributed by atoms with Gasteiger partial charge >= 0.3 is 0 Å². The van der Waals surface area contributed by atoms with Gasteiger partial charge in [0.25, 0.3) is 5.78 Å². The van der Waals surface area contributed by atoms with E-state index in [4.69, 9.17) is 5.73 Å². The van der Waals surface area contributed by atoms with Gasteiger partial charge in [0, 0.05) is 29.9 Å². The second-order valence-electron chi connectivity index (χ2n) is 5.07. The first kappa shape index (κ1) is 11.9. The van der Waals surface area contributed by atoms with Crippen molar-refractivity contribution in [3.05, 3.63) is 23.8 Å². The summed E-state index contributed by atoms with van der Waals surface area (Å²) < 4.78 is 1.58. The van der Waals surface area contributed by atoms with E-state index in [-0.39, 0.29) is 12.0 Å². The Labute approximate surface area is 99.5 Å². The Morgan fingerprint density at radius 3 is 2.76 bits per heavy atom. The summed E-state index contributed by atoms with van der Waals surface area (Å²) in [4.78, 5) is 8.50. The lowest BCUT2D eigenvalue weighted by atomic mass is 9.96. The summed E-state index contributed by atoms with van der Waals surface area (Å²) in [6.45, 7) is 6.28. The fourth-order valence-corrected chi connectivity index (χ4v) is 1.42. The molecule has 92 valence electrons. The van der Waals surface area contributed by atoms with E-state index in [2.05, 4.69) is 15.1 Å². The third-order valence-electron chi connectivity index (χ3n) is 2.49. The fourth-order valence-electron chi connectivity index (χ4n) is 1.42. The monoisotopic (exact) mass is 235 g/mol. The highest BCUT2D eigenvalue weighted by atomic mass is 16.3. The van der Waals surface area contributed by atoms with Crippen molar-refractivity contribution in [3.8, 4) is 0 Å². The van der Waals surface area contributed by atoms with Crippen LogP contribution >= 0.6 is 0 Å². The van der Waals surface area contributed by atoms with Gasteiger partial charge in [-0.05, 0) is 0 Å². The molecule has 0 aliphatic carbocycles. The number of rotatable bonds is 2. The molecule has 0 aliphatic rings. The highest BCUT2D eigenvalue weighted by Gasteiger charge is 2.20. The predicted octanol–water partition coefficient (Wildman–Crippen LogP) is 0.414. The standard InChI is InChI=1S/C11H17N5O/c1-11(2,3)9-14-10-13-5-7(8(17)4-12)6-16(10)15-9/h5-6,8,17H,4,12H2,1-3H3. The second-order valence-corrected chi connectivity index (χ2v) is 5.07. The summed E-state index contributed by atoms with van der Waals surface area (Å²) in [7, 11) is 0. The maximum absolute atomic E-state index is 9.63. The Morgan fingerprint density at radius 2 is 2.18 bits per heavy atom. The molecule has 2 heterocycles. The van der Waals surface area contributed by atoms with E-state index >= 15 is 0 Å². The van der Waals surface area contributed by atoms with Gasteiger partial charge in [-0.2, -0.15) is 4.98 Å². The third kappa shape index (κ3) is 2.27. The maximum atomic E-state index is 9.63. The molecule has 2 aromatic rings. The molecule has 0 aliphatic heterocycles. The molecule has 0 bridgehead atoms. The first-order chi connectivity index (χ1) is 7.91. The van der Waals surface area contributed by atoms with Crippen LogP contribution in [-0.4, -0.2) is 31.2 Å². The van der Waals surface area contributed by atoms with Crippen LogP contribution in [0.3, 0.4) is 0 Å². The smallest absolute Gasteiger partial charge is 0.252 e. The van der Waals surface area contributed by atoms with Crippen molar-refractivity contribution in [2.24, 2.45) is 5.73 Å². The van der Waals surface area contributed by atoms with Crippen molar-refractivity contribution in [2.75, 3.05) is 6.54 Å². The fraction of sp³-hybridized carbons (Fsp3) is 0.545. The SMILES string of the molecule is CC(C)(C)c1nc2ncc(C(O)CN)cn2n1. The lowest BCUT2D eigenvalue weighted by molar-refractivity contribution is 0.185. The Bertz CT molecular complexity index is 528. The summed E-state index contributed by atoms with van der Waals surface area (Å²) in [6, 6.07) is 0. The average molecular weight is 235 g/mol. The number of hydrogen-bond donors (Lipinski definition) is 2. The molecule has 0 fully saturated rings. The number of hydrogen-bond acceptors (Lipinski definition) is 5. The molecular weight excluding hydrogens is 218 g/mol. The van der Waals surface area contributed by atoms with Gasteiger partial charge < -0.3 is 10.8 Å². The summed E-state index contributed by atoms with van der Waals surface area (Å²) in [5, 5.41) is 14.0. The molecular formula is C11H17N5O. The van der Waals surface area contributed by atoms with Crippen LogP contribution in [0.25, 0.3) is 5.78 Å². The molecule has 0 saturated heterocycles. The largest absolute Gasteiger partial charge is 0.387 e. The molecule has 0 radical (unpaired) electrons. The Kier molecular flexibility index (Phi) is 2.84. The number of aliphatic hydroxyl groups excluding tert-OH is 1. The number of fused-ring (bicyclic) bond motifs is 1. The van der Waals surface area contributed by atoms with Gasteiger partial charge in [0.15, 0.2) is 5.82 Å². The van der Waals surface area contributed by atoms with E-state index < -0.39 is 6.10 Å². The molecule has 0 amide bonds. The van der Waals surface area contributed by atoms with Gasteiger partial charge in [0.1, 0.15) is 0 Å². The first-order valence-corrected chi connectivity index (χ1v) is 5.53. The minimum atomic E-state index is -0.714. The van der Waals surface area contributed by atoms with Gasteiger partial charge in [0.2, 0.25) is 0 Å². The quantitative estimate of drug-likeness (QED) is 0.787. The van der Waals surface area contributed by atoms with E-state index in [1.165, 1.54) is 0 Å². The molecule has 0 saturated carbocycles. The van der Waals surface area contributed by atoms with Crippen molar-refractivity contribution in [1.82, 2.24) is 19.6 Å². The summed E-state index contributed by atoms with van der Waals surface area (Å²) in [5.74, 6) is 1.26. The summed E-state index contributed by atoms with van der Waals surface area (Å²) >= 11 is 0. The minimum absolute atomic E-state index is 0.125. The second kappa shape index (κ2) is 4.05. The van der Waals surface area contributed by atoms with Crippen LogP contribution in [-0.2, 0) is 5.41 Å². The van der Waals surface area contributed by atoms with Gasteiger partial charge in [-0.1, -0.05) is 20.8 Å². The molecule has 1 atom stereocenters. The van der Waals surface area contributed by atoms with Gasteiger partial charge in [-0.15, -0.1) is 5.10 Å². The van der Waals surface area contributed by atoms with Gasteiger partial charge in [-0.25, -0.2) is 9.50 Å². The highest BCUT2D eigenvalue weighted by Crippen LogP contribution is 2.19. The van der Waals surface area contributed by atoms with Crippen LogP contribution < -0.4 is 5.73 Å². The highest BCUT2D eigenvalue weighted by molar-refractivity contribution is 5.29. The van der Waals surface area contributed by atoms with E-state index in [9.17, 15) is 5.11 Å². The van der Waals surface area contributed by atoms with Crippen molar-refractivity contribution >= 4 is 5.78 Å². The van der Waals surface area contributed by atoms with Gasteiger partial charge in [-0.3, -0.25) is 0 Å². The predicted molar refractivity (Wildman–Crippen MR) is 63.5 cm³/mol. The van der Waals surface area contributed by atoms with E-state index in [1.807, 2.05) is 20.8 Å². The Balaban J connectivity index is 2.48. The van der Waals surface area contributed by atoms with Crippen LogP contribution in [0.4, 0.5) is 0 Å². The minimum Gasteiger partial charge on any atom is -0.387 e. The van der Waals surface area contributed by atoms with E-state index in [0.29, 0.717) is 11.3 Å². The lowest BCUT2D eigenvalue weighted by Gasteiger charge is -2.11. The zero-order chi connectivity index (χ0) is 12.6. The molecule has 17 heavy (non-hydrogen) atoms. The molecule has 0 spiro atoms. The molecule has 3 N–H and O–H groups in total. The summed E-state index contributed by atoms with van der Waals surface area (Å²) in [5.41, 5.74) is 5.92. The van der Waals surface area contributed by atoms with Crippen molar-refractivity contribution < 1.29 is 5.11 Å². The van der Waals surface area contributed by atoms with Crippen molar-refractivity contribution in [1.29, 1.82) is 0 Å². The molecule has 6 nitrogen and oxygen atoms in total. The zero-order valence-corrected chi connectivity index (χ0v) is 10.3. The molecule has 1 unspecified atom stereocenters. The number of aliphatic hydroxyl groups is 1. The molecule has 2 aromatic heterocycles. The average Bonchev–Trinajstić information content (AvgIpc) is 2.70. The van der Waals surface area contributed by atoms with Gasteiger partial charge in [0.05, 0.1) is 6.10 Å². The summed E-state index contributed by atoms with van der Waals surface area (Å²) in [6.07, 6.45) is 2.57. The van der Waals surface area contributed by atoms with Crippen molar-refractivity contribution in [3.63, 3.8) is 0 Å².